The summed E-state index contributed by atoms with van der Waals surface area (Å²) in [5.74, 6) is 0.222. The maximum absolute atomic E-state index is 12.4. The van der Waals surface area contributed by atoms with Crippen molar-refractivity contribution in [2.24, 2.45) is 0 Å². The van der Waals surface area contributed by atoms with E-state index in [1.165, 1.54) is 0 Å². The Morgan fingerprint density at radius 3 is 2.50 bits per heavy atom. The van der Waals surface area contributed by atoms with Gasteiger partial charge in [0, 0.05) is 37.9 Å². The Kier molecular flexibility index (Phi) is 13.5. The van der Waals surface area contributed by atoms with Crippen LogP contribution in [0.3, 0.4) is 0 Å². The Bertz CT molecular complexity index is 570. The second-order valence-electron chi connectivity index (χ2n) is 6.19. The van der Waals surface area contributed by atoms with Crippen LogP contribution in [0.4, 0.5) is 5.82 Å². The van der Waals surface area contributed by atoms with E-state index in [0.717, 1.165) is 37.7 Å². The summed E-state index contributed by atoms with van der Waals surface area (Å²) < 4.78 is 6.66. The van der Waals surface area contributed by atoms with Crippen LogP contribution < -0.4 is 11.0 Å². The number of anilines is 1. The van der Waals surface area contributed by atoms with Crippen LogP contribution in [0.2, 0.25) is 0 Å². The number of carbonyl (C=O) groups excluding carboxylic acids is 1. The molecular formula is C20H37N3O3. The monoisotopic (exact) mass is 367 g/mol. The van der Waals surface area contributed by atoms with Gasteiger partial charge in [-0.2, -0.15) is 4.98 Å². The van der Waals surface area contributed by atoms with Crippen LogP contribution in [0, 0.1) is 6.92 Å². The number of aromatic nitrogens is 2. The molecule has 6 heteroatoms. The first-order valence-electron chi connectivity index (χ1n) is 9.92. The average Bonchev–Trinajstić information content (AvgIpc) is 2.63. The van der Waals surface area contributed by atoms with Crippen LogP contribution in [0.25, 0.3) is 0 Å². The molecule has 0 aromatic carbocycles. The van der Waals surface area contributed by atoms with Gasteiger partial charge in [-0.25, -0.2) is 4.79 Å². The molecule has 1 atom stereocenters. The maximum atomic E-state index is 12.4. The molecule has 1 unspecified atom stereocenters. The normalized spacial score (nSPS) is 11.5. The molecule has 1 aromatic rings. The topological polar surface area (TPSA) is 73.2 Å². The highest BCUT2D eigenvalue weighted by molar-refractivity contribution is 5.90. The van der Waals surface area contributed by atoms with Crippen LogP contribution >= 0.6 is 0 Å². The smallest absolute Gasteiger partial charge is 0.349 e. The van der Waals surface area contributed by atoms with E-state index in [1.54, 1.807) is 11.7 Å². The van der Waals surface area contributed by atoms with Crippen LogP contribution in [0.1, 0.15) is 84.2 Å². The van der Waals surface area contributed by atoms with Crippen LogP contribution in [0.15, 0.2) is 11.0 Å². The number of carbonyl (C=O) groups is 1. The van der Waals surface area contributed by atoms with Crippen LogP contribution in [0.5, 0.6) is 0 Å². The van der Waals surface area contributed by atoms with Crippen molar-refractivity contribution in [3.63, 3.8) is 0 Å². The first-order chi connectivity index (χ1) is 12.5. The van der Waals surface area contributed by atoms with Crippen molar-refractivity contribution in [3.05, 3.63) is 22.2 Å². The van der Waals surface area contributed by atoms with E-state index in [4.69, 9.17) is 4.74 Å². The van der Waals surface area contributed by atoms with Gasteiger partial charge in [-0.3, -0.25) is 9.36 Å². The third-order valence-electron chi connectivity index (χ3n) is 4.05. The molecule has 0 spiro atoms. The van der Waals surface area contributed by atoms with Gasteiger partial charge in [0.15, 0.2) is 0 Å². The second-order valence-corrected chi connectivity index (χ2v) is 6.19. The fourth-order valence-electron chi connectivity index (χ4n) is 2.72. The third kappa shape index (κ3) is 8.61. The van der Waals surface area contributed by atoms with Crippen molar-refractivity contribution in [1.82, 2.24) is 9.55 Å². The number of nitrogens with one attached hydrogen (secondary N) is 1. The van der Waals surface area contributed by atoms with Crippen molar-refractivity contribution in [3.8, 4) is 0 Å². The number of rotatable bonds is 11. The zero-order chi connectivity index (χ0) is 19.9. The maximum Gasteiger partial charge on any atom is 0.349 e. The minimum atomic E-state index is -0.289. The van der Waals surface area contributed by atoms with Gasteiger partial charge in [-0.15, -0.1) is 0 Å². The van der Waals surface area contributed by atoms with Crippen molar-refractivity contribution in [2.75, 3.05) is 19.0 Å². The standard InChI is InChI=1S/C18H31N3O3.C2H6/c1-5-7-10-15(9-6-2)21-13-14(3)17(20-18(21)23)19-16(22)11-8-12-24-4;1-2/h13,15H,5-12H2,1-4H3,(H,19,20,22,23);1-2H3. The molecule has 0 bridgehead atoms. The van der Waals surface area contributed by atoms with E-state index in [1.807, 2.05) is 27.0 Å². The van der Waals surface area contributed by atoms with E-state index in [-0.39, 0.29) is 17.6 Å². The van der Waals surface area contributed by atoms with Gasteiger partial charge in [-0.05, 0) is 26.2 Å². The number of hydrogen-bond acceptors (Lipinski definition) is 4. The van der Waals surface area contributed by atoms with Gasteiger partial charge in [0.1, 0.15) is 5.82 Å². The summed E-state index contributed by atoms with van der Waals surface area (Å²) in [5.41, 5.74) is 0.523. The lowest BCUT2D eigenvalue weighted by molar-refractivity contribution is -0.116. The van der Waals surface area contributed by atoms with Gasteiger partial charge >= 0.3 is 5.69 Å². The molecule has 0 saturated heterocycles. The van der Waals surface area contributed by atoms with Gasteiger partial charge in [-0.1, -0.05) is 47.0 Å². The fraction of sp³-hybridized carbons (Fsp3) is 0.750. The molecule has 0 saturated carbocycles. The largest absolute Gasteiger partial charge is 0.385 e. The quantitative estimate of drug-likeness (QED) is 0.585. The van der Waals surface area contributed by atoms with E-state index in [2.05, 4.69) is 24.1 Å². The van der Waals surface area contributed by atoms with E-state index in [0.29, 0.717) is 25.3 Å². The van der Waals surface area contributed by atoms with Gasteiger partial charge < -0.3 is 10.1 Å². The summed E-state index contributed by atoms with van der Waals surface area (Å²) in [6.45, 7) is 10.7. The van der Waals surface area contributed by atoms with Gasteiger partial charge in [0.2, 0.25) is 5.91 Å². The molecule has 0 radical (unpaired) electrons. The first kappa shape index (κ1) is 24.3. The summed E-state index contributed by atoms with van der Waals surface area (Å²) in [4.78, 5) is 28.4. The van der Waals surface area contributed by atoms with E-state index < -0.39 is 0 Å². The molecule has 0 aliphatic rings. The Morgan fingerprint density at radius 1 is 1.23 bits per heavy atom. The fourth-order valence-corrected chi connectivity index (χ4v) is 2.72. The predicted molar refractivity (Wildman–Crippen MR) is 108 cm³/mol. The van der Waals surface area contributed by atoms with Crippen LogP contribution in [-0.2, 0) is 9.53 Å². The zero-order valence-corrected chi connectivity index (χ0v) is 17.4. The highest BCUT2D eigenvalue weighted by Crippen LogP contribution is 2.20. The molecule has 1 N–H and O–H groups in total. The predicted octanol–water partition coefficient (Wildman–Crippen LogP) is 4.47. The number of aryl methyl sites for hydroxylation is 1. The Balaban J connectivity index is 0.00000301. The number of methoxy groups -OCH3 is 1. The number of amides is 1. The number of unbranched alkanes of at least 4 members (excludes halogenated alkanes) is 1. The molecule has 1 rings (SSSR count). The van der Waals surface area contributed by atoms with E-state index in [9.17, 15) is 9.59 Å². The van der Waals surface area contributed by atoms with Gasteiger partial charge in [0.25, 0.3) is 0 Å². The Morgan fingerprint density at radius 2 is 1.92 bits per heavy atom. The molecule has 1 heterocycles. The van der Waals surface area contributed by atoms with Crippen molar-refractivity contribution >= 4 is 11.7 Å². The molecule has 0 fully saturated rings. The molecular weight excluding hydrogens is 330 g/mol. The molecule has 6 nitrogen and oxygen atoms in total. The lowest BCUT2D eigenvalue weighted by atomic mass is 10.0. The number of nitrogens with zero attached hydrogens (tertiary/aromatic N) is 2. The molecule has 150 valence electrons. The SMILES string of the molecule is CC.CCCCC(CCC)n1cc(C)c(NC(=O)CCCOC)nc1=O. The molecule has 1 aromatic heterocycles. The molecule has 26 heavy (non-hydrogen) atoms. The summed E-state index contributed by atoms with van der Waals surface area (Å²) in [6.07, 6.45) is 8.00. The van der Waals surface area contributed by atoms with Crippen molar-refractivity contribution in [1.29, 1.82) is 0 Å². The summed E-state index contributed by atoms with van der Waals surface area (Å²) in [7, 11) is 1.61. The minimum absolute atomic E-state index is 0.143. The molecule has 0 aliphatic carbocycles. The summed E-state index contributed by atoms with van der Waals surface area (Å²) in [5, 5.41) is 2.73. The number of hydrogen-bond donors (Lipinski definition) is 1. The molecule has 1 amide bonds. The van der Waals surface area contributed by atoms with Crippen LogP contribution in [-0.4, -0.2) is 29.2 Å². The van der Waals surface area contributed by atoms with Crippen molar-refractivity contribution in [2.45, 2.75) is 85.6 Å². The Labute approximate surface area is 158 Å². The third-order valence-corrected chi connectivity index (χ3v) is 4.05. The summed E-state index contributed by atoms with van der Waals surface area (Å²) >= 11 is 0. The highest BCUT2D eigenvalue weighted by atomic mass is 16.5. The zero-order valence-electron chi connectivity index (χ0n) is 17.4. The minimum Gasteiger partial charge on any atom is -0.385 e. The summed E-state index contributed by atoms with van der Waals surface area (Å²) in [6, 6.07) is 0.181. The van der Waals surface area contributed by atoms with Crippen molar-refractivity contribution < 1.29 is 9.53 Å². The number of ether oxygens (including phenoxy) is 1. The lowest BCUT2D eigenvalue weighted by Gasteiger charge is -2.20. The highest BCUT2D eigenvalue weighted by Gasteiger charge is 2.15. The Hall–Kier alpha value is -1.69. The second kappa shape index (κ2) is 14.5. The van der Waals surface area contributed by atoms with Gasteiger partial charge in [0.05, 0.1) is 0 Å². The first-order valence-corrected chi connectivity index (χ1v) is 9.92. The lowest BCUT2D eigenvalue weighted by Crippen LogP contribution is -2.29. The molecule has 0 aliphatic heterocycles. The average molecular weight is 368 g/mol. The van der Waals surface area contributed by atoms with E-state index >= 15 is 0 Å².